The summed E-state index contributed by atoms with van der Waals surface area (Å²) in [5.74, 6) is -1.35. The fourth-order valence-corrected chi connectivity index (χ4v) is 3.41. The number of nitrogens with zero attached hydrogens (tertiary/aromatic N) is 1. The zero-order valence-corrected chi connectivity index (χ0v) is 16.0. The molecule has 0 spiro atoms. The van der Waals surface area contributed by atoms with Gasteiger partial charge in [0.05, 0.1) is 25.9 Å². The summed E-state index contributed by atoms with van der Waals surface area (Å²) < 4.78 is 10.1. The van der Waals surface area contributed by atoms with Crippen molar-refractivity contribution >= 4 is 17.8 Å². The van der Waals surface area contributed by atoms with Gasteiger partial charge in [-0.2, -0.15) is 0 Å². The highest BCUT2D eigenvalue weighted by molar-refractivity contribution is 5.92. The van der Waals surface area contributed by atoms with Gasteiger partial charge in [0.2, 0.25) is 11.8 Å². The first-order valence-corrected chi connectivity index (χ1v) is 9.27. The van der Waals surface area contributed by atoms with E-state index in [0.717, 1.165) is 0 Å². The minimum absolute atomic E-state index is 0.146. The van der Waals surface area contributed by atoms with Crippen molar-refractivity contribution < 1.29 is 39.2 Å². The van der Waals surface area contributed by atoms with Crippen LogP contribution in [0.5, 0.6) is 0 Å². The first kappa shape index (κ1) is 22.3. The van der Waals surface area contributed by atoms with Crippen molar-refractivity contribution in [3.05, 3.63) is 12.2 Å². The van der Waals surface area contributed by atoms with Gasteiger partial charge in [-0.25, -0.2) is 4.79 Å². The molecular formula is C18H28N2O8. The second-order valence-electron chi connectivity index (χ2n) is 6.98. The highest BCUT2D eigenvalue weighted by Crippen LogP contribution is 2.23. The number of esters is 1. The van der Waals surface area contributed by atoms with Gasteiger partial charge in [-0.3, -0.25) is 9.59 Å². The van der Waals surface area contributed by atoms with Gasteiger partial charge in [0.25, 0.3) is 0 Å². The Bertz CT molecular complexity index is 610. The molecule has 0 aliphatic carbocycles. The van der Waals surface area contributed by atoms with Crippen molar-refractivity contribution in [2.45, 2.75) is 62.7 Å². The van der Waals surface area contributed by atoms with Crippen molar-refractivity contribution in [1.82, 2.24) is 10.2 Å². The monoisotopic (exact) mass is 400 g/mol. The number of nitrogens with one attached hydrogen (secondary N) is 1. The van der Waals surface area contributed by atoms with Crippen LogP contribution in [0.15, 0.2) is 12.2 Å². The molecule has 6 atom stereocenters. The summed E-state index contributed by atoms with van der Waals surface area (Å²) in [6.07, 6.45) is -1.14. The average Bonchev–Trinajstić information content (AvgIpc) is 3.17. The summed E-state index contributed by atoms with van der Waals surface area (Å²) in [4.78, 5) is 37.2. The van der Waals surface area contributed by atoms with E-state index < -0.39 is 48.4 Å². The summed E-state index contributed by atoms with van der Waals surface area (Å²) in [5, 5.41) is 31.8. The molecular weight excluding hydrogens is 372 g/mol. The maximum atomic E-state index is 12.2. The molecule has 0 aromatic rings. The maximum Gasteiger partial charge on any atom is 0.328 e. The second kappa shape index (κ2) is 9.97. The van der Waals surface area contributed by atoms with Gasteiger partial charge >= 0.3 is 5.97 Å². The molecule has 0 aromatic carbocycles. The smallest absolute Gasteiger partial charge is 0.328 e. The largest absolute Gasteiger partial charge is 0.467 e. The Morgan fingerprint density at radius 1 is 1.21 bits per heavy atom. The molecule has 2 rings (SSSR count). The third kappa shape index (κ3) is 5.28. The molecule has 0 bridgehead atoms. The molecule has 2 heterocycles. The standard InChI is InChI=1S/C18H28N2O8/c1-10-15(23)17(25)16(24)12(28-10)6-3-7-13(21)19-9-14(22)20-8-4-5-11(20)18(26)27-2/h3,7,10-12,15-17,23-25H,4-6,8-9H2,1-2H3,(H,19,21)/b7-3+/t10-,11-,12-,15+,16+,17+/m0/s1. The minimum atomic E-state index is -1.32. The van der Waals surface area contributed by atoms with Crippen LogP contribution in [0.25, 0.3) is 0 Å². The van der Waals surface area contributed by atoms with E-state index in [1.807, 2.05) is 0 Å². The van der Waals surface area contributed by atoms with Crippen molar-refractivity contribution in [1.29, 1.82) is 0 Å². The normalized spacial score (nSPS) is 33.1. The molecule has 2 saturated heterocycles. The molecule has 4 N–H and O–H groups in total. The summed E-state index contributed by atoms with van der Waals surface area (Å²) in [5.41, 5.74) is 0. The molecule has 2 aliphatic rings. The van der Waals surface area contributed by atoms with Crippen LogP contribution in [0.2, 0.25) is 0 Å². The first-order valence-electron chi connectivity index (χ1n) is 9.27. The first-order chi connectivity index (χ1) is 13.3. The summed E-state index contributed by atoms with van der Waals surface area (Å²) in [6, 6.07) is -0.612. The van der Waals surface area contributed by atoms with Crippen LogP contribution in [0.3, 0.4) is 0 Å². The van der Waals surface area contributed by atoms with Gasteiger partial charge in [-0.1, -0.05) is 6.08 Å². The lowest BCUT2D eigenvalue weighted by Gasteiger charge is -2.39. The van der Waals surface area contributed by atoms with Crippen molar-refractivity contribution in [3.8, 4) is 0 Å². The molecule has 0 radical (unpaired) electrons. The zero-order chi connectivity index (χ0) is 20.8. The van der Waals surface area contributed by atoms with Crippen LogP contribution in [0.1, 0.15) is 26.2 Å². The van der Waals surface area contributed by atoms with Crippen molar-refractivity contribution in [2.75, 3.05) is 20.2 Å². The van der Waals surface area contributed by atoms with Crippen molar-refractivity contribution in [3.63, 3.8) is 0 Å². The van der Waals surface area contributed by atoms with E-state index in [2.05, 4.69) is 10.1 Å². The van der Waals surface area contributed by atoms with Gasteiger partial charge in [0.1, 0.15) is 24.4 Å². The highest BCUT2D eigenvalue weighted by atomic mass is 16.5. The fraction of sp³-hybridized carbons (Fsp3) is 0.722. The number of ether oxygens (including phenoxy) is 2. The van der Waals surface area contributed by atoms with Gasteiger partial charge in [0.15, 0.2) is 0 Å². The Morgan fingerprint density at radius 2 is 1.93 bits per heavy atom. The Labute approximate surface area is 163 Å². The van der Waals surface area contributed by atoms with Crippen LogP contribution in [0, 0.1) is 0 Å². The fourth-order valence-electron chi connectivity index (χ4n) is 3.41. The van der Waals surface area contributed by atoms with E-state index in [1.165, 1.54) is 24.2 Å². The Hall–Kier alpha value is -2.01. The molecule has 2 fully saturated rings. The third-order valence-electron chi connectivity index (χ3n) is 5.05. The summed E-state index contributed by atoms with van der Waals surface area (Å²) in [6.45, 7) is 1.77. The third-order valence-corrected chi connectivity index (χ3v) is 5.05. The lowest BCUT2D eigenvalue weighted by Crippen LogP contribution is -2.56. The number of aliphatic hydroxyl groups is 3. The number of rotatable bonds is 6. The number of carbonyl (C=O) groups is 3. The predicted molar refractivity (Wildman–Crippen MR) is 95.9 cm³/mol. The molecule has 10 nitrogen and oxygen atoms in total. The number of hydrogen-bond acceptors (Lipinski definition) is 8. The molecule has 0 unspecified atom stereocenters. The minimum Gasteiger partial charge on any atom is -0.467 e. The number of likely N-dealkylation sites (tertiary alicyclic amines) is 1. The second-order valence-corrected chi connectivity index (χ2v) is 6.98. The number of amides is 2. The Morgan fingerprint density at radius 3 is 2.61 bits per heavy atom. The van der Waals surface area contributed by atoms with E-state index in [4.69, 9.17) is 4.74 Å². The van der Waals surface area contributed by atoms with E-state index in [9.17, 15) is 29.7 Å². The molecule has 158 valence electrons. The lowest BCUT2D eigenvalue weighted by atomic mass is 9.94. The number of hydrogen-bond donors (Lipinski definition) is 4. The summed E-state index contributed by atoms with van der Waals surface area (Å²) >= 11 is 0. The van der Waals surface area contributed by atoms with Crippen LogP contribution in [-0.2, 0) is 23.9 Å². The average molecular weight is 400 g/mol. The van der Waals surface area contributed by atoms with E-state index in [0.29, 0.717) is 19.4 Å². The predicted octanol–water partition coefficient (Wildman–Crippen LogP) is -1.92. The summed E-state index contributed by atoms with van der Waals surface area (Å²) in [7, 11) is 1.27. The number of methoxy groups -OCH3 is 1. The van der Waals surface area contributed by atoms with Crippen LogP contribution in [0.4, 0.5) is 0 Å². The van der Waals surface area contributed by atoms with Gasteiger partial charge in [0, 0.05) is 6.54 Å². The molecule has 28 heavy (non-hydrogen) atoms. The number of carbonyl (C=O) groups excluding carboxylic acids is 3. The van der Waals surface area contributed by atoms with E-state index in [-0.39, 0.29) is 18.9 Å². The highest BCUT2D eigenvalue weighted by Gasteiger charge is 2.41. The topological polar surface area (TPSA) is 146 Å². The van der Waals surface area contributed by atoms with E-state index in [1.54, 1.807) is 6.92 Å². The molecule has 2 amide bonds. The zero-order valence-electron chi connectivity index (χ0n) is 16.0. The molecule has 2 aliphatic heterocycles. The molecule has 0 aromatic heterocycles. The van der Waals surface area contributed by atoms with Crippen LogP contribution >= 0.6 is 0 Å². The SMILES string of the molecule is COC(=O)[C@@H]1CCCN1C(=O)CNC(=O)/C=C/C[C@@H]1O[C@@H](C)[C@@H](O)[C@@H](O)[C@@H]1O. The van der Waals surface area contributed by atoms with Gasteiger partial charge in [-0.15, -0.1) is 0 Å². The number of aliphatic hydroxyl groups excluding tert-OH is 3. The van der Waals surface area contributed by atoms with Gasteiger partial charge in [-0.05, 0) is 32.3 Å². The van der Waals surface area contributed by atoms with Crippen LogP contribution < -0.4 is 5.32 Å². The Kier molecular flexibility index (Phi) is 7.93. The Balaban J connectivity index is 1.77. The van der Waals surface area contributed by atoms with Crippen molar-refractivity contribution in [2.24, 2.45) is 0 Å². The maximum absolute atomic E-state index is 12.2. The molecule has 10 heteroatoms. The molecule has 0 saturated carbocycles. The van der Waals surface area contributed by atoms with Gasteiger partial charge < -0.3 is 35.0 Å². The lowest BCUT2D eigenvalue weighted by molar-refractivity contribution is -0.215. The van der Waals surface area contributed by atoms with Crippen LogP contribution in [-0.4, -0.2) is 94.8 Å². The quantitative estimate of drug-likeness (QED) is 0.298. The van der Waals surface area contributed by atoms with E-state index >= 15 is 0 Å².